The molecule has 160 valence electrons. The van der Waals surface area contributed by atoms with Gasteiger partial charge in [-0.1, -0.05) is 58.0 Å². The summed E-state index contributed by atoms with van der Waals surface area (Å²) < 4.78 is 7.21. The number of amides is 1. The van der Waals surface area contributed by atoms with Crippen molar-refractivity contribution >= 4 is 36.9 Å². The molecule has 2 aromatic carbocycles. The summed E-state index contributed by atoms with van der Waals surface area (Å²) in [5.74, 6) is -0.0748. The topological polar surface area (TPSA) is 50.7 Å². The molecule has 0 saturated carbocycles. The van der Waals surface area contributed by atoms with Crippen LogP contribution in [0.5, 0.6) is 0 Å². The number of benzene rings is 2. The Bertz CT molecular complexity index is 1020. The van der Waals surface area contributed by atoms with Crippen LogP contribution in [-0.2, 0) is 14.8 Å². The normalized spacial score (nSPS) is 16.4. The number of hydrogen-bond acceptors (Lipinski definition) is 3. The van der Waals surface area contributed by atoms with Gasteiger partial charge in [-0.25, -0.2) is 0 Å². The van der Waals surface area contributed by atoms with Crippen LogP contribution in [0.2, 0.25) is 18.1 Å². The minimum Gasteiger partial charge on any atom is -0.402 e. The Hall–Kier alpha value is -2.24. The van der Waals surface area contributed by atoms with Crippen LogP contribution in [0.3, 0.4) is 0 Å². The molecule has 0 bridgehead atoms. The van der Waals surface area contributed by atoms with E-state index in [1.807, 2.05) is 12.3 Å². The average Bonchev–Trinajstić information content (AvgIpc) is 3.19. The summed E-state index contributed by atoms with van der Waals surface area (Å²) in [6.07, 6.45) is 5.77. The number of nitrogens with zero attached hydrogens (tertiary/aromatic N) is 1. The van der Waals surface area contributed by atoms with E-state index in [0.717, 1.165) is 40.6 Å². The number of carbonyl (C=O) groups is 1. The van der Waals surface area contributed by atoms with Crippen LogP contribution in [0.4, 0.5) is 5.69 Å². The molecular formula is C25H34N2O2Si. The number of allylic oxidation sites excluding steroid dienone is 1. The Balaban J connectivity index is 2.27. The average molecular weight is 423 g/mol. The minimum absolute atomic E-state index is 0.0717. The number of aliphatic imine (C=N–C) groups is 1. The van der Waals surface area contributed by atoms with Crippen LogP contribution in [0.15, 0.2) is 53.2 Å². The molecule has 1 heterocycles. The van der Waals surface area contributed by atoms with Gasteiger partial charge in [0.15, 0.2) is 8.32 Å². The van der Waals surface area contributed by atoms with Crippen molar-refractivity contribution in [2.75, 3.05) is 5.32 Å². The van der Waals surface area contributed by atoms with Crippen molar-refractivity contribution in [1.29, 1.82) is 0 Å². The molecule has 1 amide bonds. The van der Waals surface area contributed by atoms with Gasteiger partial charge in [-0.3, -0.25) is 9.79 Å². The lowest BCUT2D eigenvalue weighted by atomic mass is 9.84. The van der Waals surface area contributed by atoms with Crippen LogP contribution < -0.4 is 5.32 Å². The van der Waals surface area contributed by atoms with Crippen LogP contribution in [-0.4, -0.2) is 20.4 Å². The SMILES string of the molecule is CCC(O[Si](C)(C)C(C)(C)C)(C1=CCC=N1)c1cccc2ccc(NC(C)=O)cc12. The number of rotatable bonds is 6. The Morgan fingerprint density at radius 3 is 2.50 bits per heavy atom. The molecule has 1 unspecified atom stereocenters. The van der Waals surface area contributed by atoms with Gasteiger partial charge in [0.05, 0.1) is 5.70 Å². The fraction of sp³-hybridized carbons (Fsp3) is 0.440. The molecule has 30 heavy (non-hydrogen) atoms. The van der Waals surface area contributed by atoms with Crippen molar-refractivity contribution in [3.05, 3.63) is 53.7 Å². The highest BCUT2D eigenvalue weighted by Gasteiger charge is 2.47. The van der Waals surface area contributed by atoms with Gasteiger partial charge in [0.25, 0.3) is 0 Å². The molecule has 1 aliphatic heterocycles. The first-order valence-electron chi connectivity index (χ1n) is 10.7. The van der Waals surface area contributed by atoms with E-state index in [1.165, 1.54) is 6.92 Å². The standard InChI is InChI=1S/C25H34N2O2Si/c1-8-25(23-13-10-16-26-23,29-30(6,7)24(3,4)5)22-12-9-11-19-14-15-20(17-21(19)22)27-18(2)28/h9,11-17H,8,10H2,1-7H3,(H,27,28). The van der Waals surface area contributed by atoms with Gasteiger partial charge in [-0.15, -0.1) is 0 Å². The van der Waals surface area contributed by atoms with Gasteiger partial charge in [0.1, 0.15) is 5.60 Å². The van der Waals surface area contributed by atoms with Gasteiger partial charge in [-0.2, -0.15) is 0 Å². The largest absolute Gasteiger partial charge is 0.402 e. The second kappa shape index (κ2) is 8.12. The van der Waals surface area contributed by atoms with E-state index in [0.29, 0.717) is 0 Å². The van der Waals surface area contributed by atoms with Crippen molar-refractivity contribution < 1.29 is 9.22 Å². The maximum atomic E-state index is 11.6. The van der Waals surface area contributed by atoms with Crippen molar-refractivity contribution in [1.82, 2.24) is 0 Å². The zero-order valence-corrected chi connectivity index (χ0v) is 20.3. The molecule has 1 N–H and O–H groups in total. The van der Waals surface area contributed by atoms with Gasteiger partial charge in [0, 0.05) is 25.2 Å². The van der Waals surface area contributed by atoms with E-state index in [4.69, 9.17) is 9.42 Å². The highest BCUT2D eigenvalue weighted by Crippen LogP contribution is 2.49. The lowest BCUT2D eigenvalue weighted by Gasteiger charge is -2.46. The van der Waals surface area contributed by atoms with Crippen molar-refractivity contribution in [2.24, 2.45) is 4.99 Å². The minimum atomic E-state index is -2.12. The Morgan fingerprint density at radius 2 is 1.93 bits per heavy atom. The Kier molecular flexibility index (Phi) is 6.07. The monoisotopic (exact) mass is 422 g/mol. The van der Waals surface area contributed by atoms with Crippen LogP contribution in [0.1, 0.15) is 53.0 Å². The van der Waals surface area contributed by atoms with E-state index in [2.05, 4.69) is 82.5 Å². The molecule has 2 aromatic rings. The number of anilines is 1. The zero-order chi connectivity index (χ0) is 22.2. The lowest BCUT2D eigenvalue weighted by molar-refractivity contribution is -0.114. The Morgan fingerprint density at radius 1 is 1.20 bits per heavy atom. The third-order valence-corrected chi connectivity index (χ3v) is 10.9. The third-order valence-electron chi connectivity index (χ3n) is 6.43. The summed E-state index contributed by atoms with van der Waals surface area (Å²) >= 11 is 0. The second-order valence-corrected chi connectivity index (χ2v) is 14.3. The third kappa shape index (κ3) is 4.14. The molecule has 0 radical (unpaired) electrons. The van der Waals surface area contributed by atoms with Gasteiger partial charge >= 0.3 is 0 Å². The van der Waals surface area contributed by atoms with E-state index < -0.39 is 13.9 Å². The number of fused-ring (bicyclic) bond motifs is 1. The van der Waals surface area contributed by atoms with Gasteiger partial charge in [0.2, 0.25) is 5.91 Å². The first-order valence-corrected chi connectivity index (χ1v) is 13.7. The van der Waals surface area contributed by atoms with Gasteiger partial charge < -0.3 is 9.74 Å². The van der Waals surface area contributed by atoms with E-state index in [1.54, 1.807) is 0 Å². The molecule has 3 rings (SSSR count). The summed E-state index contributed by atoms with van der Waals surface area (Å²) in [5.41, 5.74) is 2.28. The van der Waals surface area contributed by atoms with Crippen LogP contribution in [0, 0.1) is 0 Å². The predicted octanol–water partition coefficient (Wildman–Crippen LogP) is 6.78. The summed E-state index contributed by atoms with van der Waals surface area (Å²) in [6.45, 7) is 15.1. The zero-order valence-electron chi connectivity index (χ0n) is 19.3. The maximum Gasteiger partial charge on any atom is 0.221 e. The van der Waals surface area contributed by atoms with E-state index in [9.17, 15) is 4.79 Å². The van der Waals surface area contributed by atoms with E-state index >= 15 is 0 Å². The molecule has 4 nitrogen and oxygen atoms in total. The fourth-order valence-corrected chi connectivity index (χ4v) is 5.36. The summed E-state index contributed by atoms with van der Waals surface area (Å²) in [5, 5.41) is 5.21. The quantitative estimate of drug-likeness (QED) is 0.521. The smallest absolute Gasteiger partial charge is 0.221 e. The number of carbonyl (C=O) groups excluding carboxylic acids is 1. The summed E-state index contributed by atoms with van der Waals surface area (Å²) in [6, 6.07) is 12.4. The van der Waals surface area contributed by atoms with Gasteiger partial charge in [-0.05, 0) is 53.0 Å². The maximum absolute atomic E-state index is 11.6. The molecule has 5 heteroatoms. The summed E-state index contributed by atoms with van der Waals surface area (Å²) in [4.78, 5) is 16.4. The highest BCUT2D eigenvalue weighted by atomic mass is 28.4. The molecule has 0 saturated heterocycles. The van der Waals surface area contributed by atoms with Crippen molar-refractivity contribution in [3.63, 3.8) is 0 Å². The van der Waals surface area contributed by atoms with Crippen LogP contribution >= 0.6 is 0 Å². The van der Waals surface area contributed by atoms with E-state index in [-0.39, 0.29) is 10.9 Å². The number of nitrogens with one attached hydrogen (secondary N) is 1. The van der Waals surface area contributed by atoms with Crippen molar-refractivity contribution in [3.8, 4) is 0 Å². The van der Waals surface area contributed by atoms with Crippen LogP contribution in [0.25, 0.3) is 10.8 Å². The molecule has 0 aromatic heterocycles. The fourth-order valence-electron chi connectivity index (χ4n) is 3.82. The van der Waals surface area contributed by atoms with Crippen molar-refractivity contribution in [2.45, 2.75) is 71.2 Å². The second-order valence-electron chi connectivity index (χ2n) is 9.60. The predicted molar refractivity (Wildman–Crippen MR) is 130 cm³/mol. The molecule has 0 spiro atoms. The molecule has 0 fully saturated rings. The summed E-state index contributed by atoms with van der Waals surface area (Å²) in [7, 11) is -2.12. The lowest BCUT2D eigenvalue weighted by Crippen LogP contribution is -2.49. The molecule has 0 aliphatic carbocycles. The molecule has 1 atom stereocenters. The first kappa shape index (κ1) is 22.4. The number of hydrogen-bond donors (Lipinski definition) is 1. The molecule has 1 aliphatic rings. The molecular weight excluding hydrogens is 388 g/mol. The first-order chi connectivity index (χ1) is 14.0. The Labute approximate surface area is 181 Å². The highest BCUT2D eigenvalue weighted by molar-refractivity contribution is 6.74.